The van der Waals surface area contributed by atoms with E-state index in [2.05, 4.69) is 5.32 Å². The molecule has 0 aliphatic rings. The Morgan fingerprint density at radius 2 is 1.91 bits per heavy atom. The van der Waals surface area contributed by atoms with E-state index in [1.807, 2.05) is 19.0 Å². The van der Waals surface area contributed by atoms with Gasteiger partial charge in [0.1, 0.15) is 11.6 Å². The monoisotopic (exact) mass is 449 g/mol. The van der Waals surface area contributed by atoms with Crippen molar-refractivity contribution in [2.24, 2.45) is 0 Å². The first-order valence-electron chi connectivity index (χ1n) is 9.72. The second-order valence-corrected chi connectivity index (χ2v) is 7.51. The number of amides is 1. The maximum atomic E-state index is 14.6. The van der Waals surface area contributed by atoms with Crippen molar-refractivity contribution < 1.29 is 27.5 Å². The van der Waals surface area contributed by atoms with Gasteiger partial charge in [0.25, 0.3) is 0 Å². The molecule has 0 bridgehead atoms. The molecule has 0 saturated heterocycles. The number of hydrogen-bond donors (Lipinski definition) is 3. The molecule has 0 aliphatic carbocycles. The highest BCUT2D eigenvalue weighted by Gasteiger charge is 2.23. The standard InChI is InChI=1S/C22H22F3N3O4/c1-28(2)7-3-4-17(31)27-14-6-5-11(8-13(14)23)16-9-15(30)18-21(26)19(24)12(10-29)20(25)22(18)32-16/h5-6,8-9,29H,3-4,7,10,26H2,1-2H3,(H,27,31). The van der Waals surface area contributed by atoms with E-state index in [1.165, 1.54) is 12.1 Å². The molecule has 3 aromatic rings. The normalized spacial score (nSPS) is 11.3. The molecule has 2 aromatic carbocycles. The number of aliphatic hydroxyl groups is 1. The van der Waals surface area contributed by atoms with E-state index in [0.29, 0.717) is 13.0 Å². The minimum absolute atomic E-state index is 0.0631. The molecule has 10 heteroatoms. The van der Waals surface area contributed by atoms with Gasteiger partial charge in [-0.2, -0.15) is 0 Å². The fraction of sp³-hybridized carbons (Fsp3) is 0.273. The van der Waals surface area contributed by atoms with Crippen LogP contribution in [0.25, 0.3) is 22.3 Å². The summed E-state index contributed by atoms with van der Waals surface area (Å²) in [5.41, 5.74) is 2.73. The van der Waals surface area contributed by atoms with Crippen LogP contribution in [-0.4, -0.2) is 36.6 Å². The van der Waals surface area contributed by atoms with Crippen molar-refractivity contribution >= 4 is 28.3 Å². The maximum Gasteiger partial charge on any atom is 0.224 e. The molecular formula is C22H22F3N3O4. The van der Waals surface area contributed by atoms with Crippen LogP contribution in [0.15, 0.2) is 33.5 Å². The van der Waals surface area contributed by atoms with Crippen LogP contribution in [-0.2, 0) is 11.4 Å². The Morgan fingerprint density at radius 1 is 1.19 bits per heavy atom. The number of carbonyl (C=O) groups excluding carboxylic acids is 1. The van der Waals surface area contributed by atoms with Gasteiger partial charge in [-0.05, 0) is 45.3 Å². The Labute approximate surface area is 181 Å². The van der Waals surface area contributed by atoms with Crippen molar-refractivity contribution in [1.82, 2.24) is 4.90 Å². The van der Waals surface area contributed by atoms with Crippen molar-refractivity contribution in [2.45, 2.75) is 19.4 Å². The van der Waals surface area contributed by atoms with Crippen molar-refractivity contribution in [3.05, 3.63) is 57.5 Å². The van der Waals surface area contributed by atoms with E-state index >= 15 is 0 Å². The second-order valence-electron chi connectivity index (χ2n) is 7.51. The van der Waals surface area contributed by atoms with Gasteiger partial charge < -0.3 is 25.5 Å². The maximum absolute atomic E-state index is 14.6. The molecule has 1 amide bonds. The van der Waals surface area contributed by atoms with E-state index in [0.717, 1.165) is 12.1 Å². The molecule has 0 radical (unpaired) electrons. The molecule has 0 atom stereocenters. The van der Waals surface area contributed by atoms with Gasteiger partial charge in [-0.25, -0.2) is 13.2 Å². The number of carbonyl (C=O) groups is 1. The topological polar surface area (TPSA) is 109 Å². The number of anilines is 2. The van der Waals surface area contributed by atoms with E-state index in [9.17, 15) is 27.9 Å². The average molecular weight is 449 g/mol. The summed E-state index contributed by atoms with van der Waals surface area (Å²) in [4.78, 5) is 26.4. The van der Waals surface area contributed by atoms with Crippen LogP contribution in [0.3, 0.4) is 0 Å². The number of rotatable bonds is 7. The number of nitrogens with one attached hydrogen (secondary N) is 1. The smallest absolute Gasteiger partial charge is 0.224 e. The highest BCUT2D eigenvalue weighted by molar-refractivity contribution is 5.92. The number of aliphatic hydroxyl groups excluding tert-OH is 1. The first kappa shape index (κ1) is 23.3. The Hall–Kier alpha value is -3.37. The molecule has 4 N–H and O–H groups in total. The highest BCUT2D eigenvalue weighted by atomic mass is 19.1. The van der Waals surface area contributed by atoms with Gasteiger partial charge in [-0.3, -0.25) is 9.59 Å². The molecule has 1 aromatic heterocycles. The van der Waals surface area contributed by atoms with Gasteiger partial charge in [0.05, 0.1) is 28.9 Å². The number of nitrogens with two attached hydrogens (primary N) is 1. The van der Waals surface area contributed by atoms with Crippen LogP contribution >= 0.6 is 0 Å². The Bertz CT molecular complexity index is 1240. The summed E-state index contributed by atoms with van der Waals surface area (Å²) in [5.74, 6) is -3.85. The lowest BCUT2D eigenvalue weighted by Crippen LogP contribution is -2.17. The summed E-state index contributed by atoms with van der Waals surface area (Å²) >= 11 is 0. The predicted molar refractivity (Wildman–Crippen MR) is 115 cm³/mol. The van der Waals surface area contributed by atoms with Crippen LogP contribution in [0.5, 0.6) is 0 Å². The van der Waals surface area contributed by atoms with E-state index in [4.69, 9.17) is 10.2 Å². The molecule has 0 aliphatic heterocycles. The molecule has 0 unspecified atom stereocenters. The van der Waals surface area contributed by atoms with Gasteiger partial charge in [0.2, 0.25) is 5.91 Å². The zero-order valence-corrected chi connectivity index (χ0v) is 17.5. The van der Waals surface area contributed by atoms with Gasteiger partial charge in [-0.15, -0.1) is 0 Å². The molecule has 0 fully saturated rings. The van der Waals surface area contributed by atoms with Gasteiger partial charge in [0, 0.05) is 18.1 Å². The molecule has 1 heterocycles. The van der Waals surface area contributed by atoms with Crippen molar-refractivity contribution in [1.29, 1.82) is 0 Å². The van der Waals surface area contributed by atoms with Crippen molar-refractivity contribution in [3.8, 4) is 11.3 Å². The summed E-state index contributed by atoms with van der Waals surface area (Å²) in [6.45, 7) is -0.290. The molecule has 0 saturated carbocycles. The molecule has 7 nitrogen and oxygen atoms in total. The molecule has 3 rings (SSSR count). The molecule has 170 valence electrons. The fourth-order valence-electron chi connectivity index (χ4n) is 3.23. The Kier molecular flexibility index (Phi) is 6.85. The Balaban J connectivity index is 1.95. The summed E-state index contributed by atoms with van der Waals surface area (Å²) in [5, 5.41) is 11.2. The van der Waals surface area contributed by atoms with Crippen LogP contribution in [0.4, 0.5) is 24.5 Å². The summed E-state index contributed by atoms with van der Waals surface area (Å²) in [7, 11) is 3.76. The number of nitrogen functional groups attached to an aromatic ring is 1. The van der Waals surface area contributed by atoms with Gasteiger partial charge in [-0.1, -0.05) is 0 Å². The number of benzene rings is 2. The summed E-state index contributed by atoms with van der Waals surface area (Å²) in [6.07, 6.45) is 0.815. The third-order valence-corrected chi connectivity index (χ3v) is 4.88. The average Bonchev–Trinajstić information content (AvgIpc) is 2.73. The predicted octanol–water partition coefficient (Wildman–Crippen LogP) is 3.23. The third kappa shape index (κ3) is 4.61. The number of fused-ring (bicyclic) bond motifs is 1. The fourth-order valence-corrected chi connectivity index (χ4v) is 3.23. The SMILES string of the molecule is CN(C)CCCC(=O)Nc1ccc(-c2cc(=O)c3c(N)c(F)c(CO)c(F)c3o2)cc1F. The molecule has 0 spiro atoms. The molecular weight excluding hydrogens is 427 g/mol. The zero-order valence-electron chi connectivity index (χ0n) is 17.5. The first-order valence-corrected chi connectivity index (χ1v) is 9.72. The Morgan fingerprint density at radius 3 is 2.53 bits per heavy atom. The lowest BCUT2D eigenvalue weighted by atomic mass is 10.1. The van der Waals surface area contributed by atoms with E-state index in [-0.39, 0.29) is 29.3 Å². The van der Waals surface area contributed by atoms with Crippen molar-refractivity contribution in [2.75, 3.05) is 31.7 Å². The second kappa shape index (κ2) is 9.41. The third-order valence-electron chi connectivity index (χ3n) is 4.88. The van der Waals surface area contributed by atoms with Crippen LogP contribution in [0.1, 0.15) is 18.4 Å². The minimum atomic E-state index is -1.27. The number of nitrogens with zero attached hydrogens (tertiary/aromatic N) is 1. The van der Waals surface area contributed by atoms with Crippen molar-refractivity contribution in [3.63, 3.8) is 0 Å². The number of halogens is 3. The first-order chi connectivity index (χ1) is 15.1. The highest BCUT2D eigenvalue weighted by Crippen LogP contribution is 2.32. The number of hydrogen-bond acceptors (Lipinski definition) is 6. The molecule has 32 heavy (non-hydrogen) atoms. The minimum Gasteiger partial charge on any atom is -0.453 e. The lowest BCUT2D eigenvalue weighted by Gasteiger charge is -2.12. The van der Waals surface area contributed by atoms with Crippen LogP contribution < -0.4 is 16.5 Å². The van der Waals surface area contributed by atoms with Gasteiger partial charge >= 0.3 is 0 Å². The zero-order chi connectivity index (χ0) is 23.6. The van der Waals surface area contributed by atoms with Gasteiger partial charge in [0.15, 0.2) is 22.6 Å². The quantitative estimate of drug-likeness (QED) is 0.478. The lowest BCUT2D eigenvalue weighted by molar-refractivity contribution is -0.116. The van der Waals surface area contributed by atoms with Crippen LogP contribution in [0.2, 0.25) is 0 Å². The van der Waals surface area contributed by atoms with Crippen LogP contribution in [0, 0.1) is 17.5 Å². The largest absolute Gasteiger partial charge is 0.453 e. The summed E-state index contributed by atoms with van der Waals surface area (Å²) < 4.78 is 48.7. The van der Waals surface area contributed by atoms with E-state index < -0.39 is 51.7 Å². The van der Waals surface area contributed by atoms with E-state index in [1.54, 1.807) is 0 Å². The summed E-state index contributed by atoms with van der Waals surface area (Å²) in [6, 6.07) is 4.61.